The number of nitrogens with zero attached hydrogens (tertiary/aromatic N) is 1. The monoisotopic (exact) mass is 393 g/mol. The van der Waals surface area contributed by atoms with E-state index in [0.717, 1.165) is 11.3 Å². The highest BCUT2D eigenvalue weighted by Gasteiger charge is 2.13. The van der Waals surface area contributed by atoms with Crippen molar-refractivity contribution in [2.45, 2.75) is 39.2 Å². The second-order valence-corrected chi connectivity index (χ2v) is 8.19. The highest BCUT2D eigenvalue weighted by molar-refractivity contribution is 6.42. The van der Waals surface area contributed by atoms with Gasteiger partial charge in [-0.2, -0.15) is 0 Å². The SMILES string of the molecule is CN(Cc1ccc(Cl)c(Cl)c1)C(=O)CCOc1ccc(C(C)(C)C)cc1. The van der Waals surface area contributed by atoms with Gasteiger partial charge in [-0.15, -0.1) is 0 Å². The molecule has 5 heteroatoms. The highest BCUT2D eigenvalue weighted by Crippen LogP contribution is 2.25. The van der Waals surface area contributed by atoms with Crippen molar-refractivity contribution < 1.29 is 9.53 Å². The van der Waals surface area contributed by atoms with Crippen molar-refractivity contribution in [3.05, 3.63) is 63.6 Å². The van der Waals surface area contributed by atoms with Crippen molar-refractivity contribution >= 4 is 29.1 Å². The summed E-state index contributed by atoms with van der Waals surface area (Å²) in [6.45, 7) is 7.34. The molecule has 0 saturated carbocycles. The van der Waals surface area contributed by atoms with Crippen LogP contribution in [0.5, 0.6) is 5.75 Å². The number of carbonyl (C=O) groups is 1. The number of rotatable bonds is 6. The first-order valence-corrected chi connectivity index (χ1v) is 9.33. The fourth-order valence-corrected chi connectivity index (χ4v) is 2.82. The Morgan fingerprint density at radius 1 is 1.04 bits per heavy atom. The molecule has 0 aliphatic heterocycles. The second kappa shape index (κ2) is 8.79. The smallest absolute Gasteiger partial charge is 0.226 e. The van der Waals surface area contributed by atoms with E-state index in [1.807, 2.05) is 18.2 Å². The molecular formula is C21H25Cl2NO2. The molecule has 140 valence electrons. The zero-order chi connectivity index (χ0) is 19.3. The van der Waals surface area contributed by atoms with Gasteiger partial charge in [-0.1, -0.05) is 62.2 Å². The fourth-order valence-electron chi connectivity index (χ4n) is 2.50. The molecule has 0 aliphatic rings. The molecular weight excluding hydrogens is 369 g/mol. The van der Waals surface area contributed by atoms with Crippen LogP contribution in [0.2, 0.25) is 10.0 Å². The lowest BCUT2D eigenvalue weighted by Gasteiger charge is -2.19. The third-order valence-corrected chi connectivity index (χ3v) is 4.87. The van der Waals surface area contributed by atoms with Crippen LogP contribution in [0.3, 0.4) is 0 Å². The predicted molar refractivity (Wildman–Crippen MR) is 108 cm³/mol. The molecule has 0 aliphatic carbocycles. The summed E-state index contributed by atoms with van der Waals surface area (Å²) in [6.07, 6.45) is 0.318. The molecule has 1 amide bonds. The zero-order valence-corrected chi connectivity index (χ0v) is 17.2. The minimum Gasteiger partial charge on any atom is -0.493 e. The molecule has 2 rings (SSSR count). The number of hydrogen-bond acceptors (Lipinski definition) is 2. The second-order valence-electron chi connectivity index (χ2n) is 7.37. The predicted octanol–water partition coefficient (Wildman–Crippen LogP) is 5.72. The van der Waals surface area contributed by atoms with Crippen LogP contribution in [-0.2, 0) is 16.8 Å². The van der Waals surface area contributed by atoms with E-state index in [1.165, 1.54) is 5.56 Å². The standard InChI is InChI=1S/C21H25Cl2NO2/c1-21(2,3)16-6-8-17(9-7-16)26-12-11-20(25)24(4)14-15-5-10-18(22)19(23)13-15/h5-10,13H,11-12,14H2,1-4H3. The maximum absolute atomic E-state index is 12.3. The minimum atomic E-state index is 0.0161. The lowest BCUT2D eigenvalue weighted by Crippen LogP contribution is -2.27. The average Bonchev–Trinajstić information content (AvgIpc) is 2.57. The van der Waals surface area contributed by atoms with Gasteiger partial charge in [0.1, 0.15) is 5.75 Å². The van der Waals surface area contributed by atoms with Crippen molar-refractivity contribution in [3.8, 4) is 5.75 Å². The van der Waals surface area contributed by atoms with E-state index in [0.29, 0.717) is 29.6 Å². The topological polar surface area (TPSA) is 29.5 Å². The minimum absolute atomic E-state index is 0.0161. The average molecular weight is 394 g/mol. The van der Waals surface area contributed by atoms with E-state index >= 15 is 0 Å². The van der Waals surface area contributed by atoms with Crippen LogP contribution >= 0.6 is 23.2 Å². The Labute approximate surface area is 165 Å². The molecule has 0 aromatic heterocycles. The maximum Gasteiger partial charge on any atom is 0.226 e. The zero-order valence-electron chi connectivity index (χ0n) is 15.7. The van der Waals surface area contributed by atoms with Crippen molar-refractivity contribution in [1.82, 2.24) is 4.90 Å². The Morgan fingerprint density at radius 2 is 1.69 bits per heavy atom. The largest absolute Gasteiger partial charge is 0.493 e. The summed E-state index contributed by atoms with van der Waals surface area (Å²) in [5, 5.41) is 1.00. The Balaban J connectivity index is 1.81. The first-order valence-electron chi connectivity index (χ1n) is 8.58. The summed E-state index contributed by atoms with van der Waals surface area (Å²) in [4.78, 5) is 13.9. The molecule has 0 N–H and O–H groups in total. The quantitative estimate of drug-likeness (QED) is 0.627. The number of ether oxygens (including phenoxy) is 1. The van der Waals surface area contributed by atoms with Gasteiger partial charge in [-0.05, 0) is 40.8 Å². The fraction of sp³-hybridized carbons (Fsp3) is 0.381. The van der Waals surface area contributed by atoms with Crippen LogP contribution in [0.15, 0.2) is 42.5 Å². The Kier molecular flexibility index (Phi) is 6.96. The van der Waals surface area contributed by atoms with Crippen LogP contribution in [0.25, 0.3) is 0 Å². The van der Waals surface area contributed by atoms with Crippen molar-refractivity contribution in [2.75, 3.05) is 13.7 Å². The summed E-state index contributed by atoms with van der Waals surface area (Å²) >= 11 is 11.9. The normalized spacial score (nSPS) is 11.3. The van der Waals surface area contributed by atoms with Crippen LogP contribution in [-0.4, -0.2) is 24.5 Å². The van der Waals surface area contributed by atoms with E-state index in [9.17, 15) is 4.79 Å². The summed E-state index contributed by atoms with van der Waals surface area (Å²) in [5.74, 6) is 0.792. The van der Waals surface area contributed by atoms with E-state index in [4.69, 9.17) is 27.9 Å². The molecule has 0 atom stereocenters. The molecule has 3 nitrogen and oxygen atoms in total. The number of hydrogen-bond donors (Lipinski definition) is 0. The van der Waals surface area contributed by atoms with E-state index in [-0.39, 0.29) is 11.3 Å². The molecule has 0 spiro atoms. The van der Waals surface area contributed by atoms with Gasteiger partial charge in [0.25, 0.3) is 0 Å². The van der Waals surface area contributed by atoms with Gasteiger partial charge in [0, 0.05) is 13.6 Å². The van der Waals surface area contributed by atoms with E-state index in [1.54, 1.807) is 24.1 Å². The van der Waals surface area contributed by atoms with Crippen LogP contribution in [0.4, 0.5) is 0 Å². The lowest BCUT2D eigenvalue weighted by atomic mass is 9.87. The van der Waals surface area contributed by atoms with Crippen LogP contribution in [0.1, 0.15) is 38.3 Å². The Morgan fingerprint density at radius 3 is 2.27 bits per heavy atom. The van der Waals surface area contributed by atoms with Gasteiger partial charge in [0.05, 0.1) is 23.1 Å². The number of halogens is 2. The number of amides is 1. The third kappa shape index (κ3) is 5.93. The first-order chi connectivity index (χ1) is 12.2. The molecule has 0 heterocycles. The van der Waals surface area contributed by atoms with Gasteiger partial charge in [-0.3, -0.25) is 4.79 Å². The molecule has 26 heavy (non-hydrogen) atoms. The van der Waals surface area contributed by atoms with Gasteiger partial charge < -0.3 is 9.64 Å². The molecule has 0 saturated heterocycles. The third-order valence-electron chi connectivity index (χ3n) is 4.13. The molecule has 2 aromatic rings. The van der Waals surface area contributed by atoms with Crippen LogP contribution < -0.4 is 4.74 Å². The molecule has 0 fully saturated rings. The summed E-state index contributed by atoms with van der Waals surface area (Å²) < 4.78 is 5.69. The summed E-state index contributed by atoms with van der Waals surface area (Å²) in [5.41, 5.74) is 2.30. The van der Waals surface area contributed by atoms with E-state index in [2.05, 4.69) is 32.9 Å². The number of carbonyl (C=O) groups excluding carboxylic acids is 1. The molecule has 0 radical (unpaired) electrons. The Bertz CT molecular complexity index is 752. The molecule has 2 aromatic carbocycles. The van der Waals surface area contributed by atoms with Crippen molar-refractivity contribution in [3.63, 3.8) is 0 Å². The van der Waals surface area contributed by atoms with Gasteiger partial charge in [-0.25, -0.2) is 0 Å². The van der Waals surface area contributed by atoms with Gasteiger partial charge in [0.15, 0.2) is 0 Å². The van der Waals surface area contributed by atoms with Crippen molar-refractivity contribution in [1.29, 1.82) is 0 Å². The highest BCUT2D eigenvalue weighted by atomic mass is 35.5. The summed E-state index contributed by atoms with van der Waals surface area (Å²) in [6, 6.07) is 13.4. The lowest BCUT2D eigenvalue weighted by molar-refractivity contribution is -0.130. The van der Waals surface area contributed by atoms with Crippen molar-refractivity contribution in [2.24, 2.45) is 0 Å². The number of benzene rings is 2. The maximum atomic E-state index is 12.3. The molecule has 0 bridgehead atoms. The van der Waals surface area contributed by atoms with Crippen LogP contribution in [0, 0.1) is 0 Å². The van der Waals surface area contributed by atoms with E-state index < -0.39 is 0 Å². The van der Waals surface area contributed by atoms with Gasteiger partial charge >= 0.3 is 0 Å². The summed E-state index contributed by atoms with van der Waals surface area (Å²) in [7, 11) is 1.77. The van der Waals surface area contributed by atoms with Gasteiger partial charge in [0.2, 0.25) is 5.91 Å². The Hall–Kier alpha value is -1.71. The first kappa shape index (κ1) is 20.6. The molecule has 0 unspecified atom stereocenters.